The fourth-order valence-electron chi connectivity index (χ4n) is 2.90. The van der Waals surface area contributed by atoms with E-state index in [0.717, 1.165) is 15.7 Å². The Morgan fingerprint density at radius 1 is 1.03 bits per heavy atom. The summed E-state index contributed by atoms with van der Waals surface area (Å²) in [5, 5.41) is 11.5. The van der Waals surface area contributed by atoms with Crippen molar-refractivity contribution in [3.05, 3.63) is 93.4 Å². The van der Waals surface area contributed by atoms with Gasteiger partial charge in [0.05, 0.1) is 11.9 Å². The molecule has 2 aromatic carbocycles. The van der Waals surface area contributed by atoms with Crippen molar-refractivity contribution < 1.29 is 21.8 Å². The summed E-state index contributed by atoms with van der Waals surface area (Å²) in [6, 6.07) is 18.3. The Labute approximate surface area is 186 Å². The van der Waals surface area contributed by atoms with Gasteiger partial charge < -0.3 is 17.7 Å². The summed E-state index contributed by atoms with van der Waals surface area (Å²) in [7, 11) is 0. The molecule has 2 heterocycles. The van der Waals surface area contributed by atoms with Gasteiger partial charge in [0.25, 0.3) is 11.5 Å². The lowest BCUT2D eigenvalue weighted by Gasteiger charge is -2.05. The summed E-state index contributed by atoms with van der Waals surface area (Å²) >= 11 is 3.37. The number of anilines is 1. The number of hydrogen-bond acceptors (Lipinski definition) is 4. The number of benzene rings is 2. The minimum Gasteiger partial charge on any atom is -1.00 e. The fraction of sp³-hybridized carbons (Fsp3) is 0.0952. The first-order valence-corrected chi connectivity index (χ1v) is 9.74. The molecule has 2 aromatic heterocycles. The second kappa shape index (κ2) is 9.60. The molecule has 0 atom stereocenters. The largest absolute Gasteiger partial charge is 1.00 e. The van der Waals surface area contributed by atoms with E-state index in [2.05, 4.69) is 31.6 Å². The molecule has 1 amide bonds. The molecule has 0 aliphatic heterocycles. The zero-order valence-corrected chi connectivity index (χ0v) is 18.0. The highest BCUT2D eigenvalue weighted by atomic mass is 79.9. The third-order valence-corrected chi connectivity index (χ3v) is 4.90. The number of carbonyl (C=O) groups excluding carboxylic acids is 1. The Bertz CT molecular complexity index is 1230. The van der Waals surface area contributed by atoms with Crippen molar-refractivity contribution in [3.8, 4) is 0 Å². The first kappa shape index (κ1) is 21.6. The number of nitrogens with one attached hydrogen (secondary N) is 1. The minimum atomic E-state index is -0.179. The van der Waals surface area contributed by atoms with E-state index in [-0.39, 0.29) is 30.4 Å². The molecule has 0 bridgehead atoms. The van der Waals surface area contributed by atoms with Gasteiger partial charge in [-0.15, -0.1) is 5.10 Å². The average molecular weight is 487 g/mol. The molecular formula is C21H17BrClN5O2. The van der Waals surface area contributed by atoms with Crippen LogP contribution in [-0.2, 0) is 17.9 Å². The van der Waals surface area contributed by atoms with Gasteiger partial charge in [-0.3, -0.25) is 9.59 Å². The van der Waals surface area contributed by atoms with Crippen molar-refractivity contribution in [1.82, 2.24) is 15.0 Å². The van der Waals surface area contributed by atoms with Crippen LogP contribution in [0.2, 0.25) is 0 Å². The van der Waals surface area contributed by atoms with E-state index in [1.165, 1.54) is 4.68 Å². The Morgan fingerprint density at radius 2 is 1.73 bits per heavy atom. The van der Waals surface area contributed by atoms with Crippen LogP contribution in [-0.4, -0.2) is 20.9 Å². The molecule has 30 heavy (non-hydrogen) atoms. The van der Waals surface area contributed by atoms with Gasteiger partial charge in [-0.05, 0) is 42.0 Å². The van der Waals surface area contributed by atoms with Gasteiger partial charge in [-0.1, -0.05) is 33.3 Å². The van der Waals surface area contributed by atoms with E-state index in [1.807, 2.05) is 42.5 Å². The van der Waals surface area contributed by atoms with E-state index < -0.39 is 0 Å². The number of amides is 1. The van der Waals surface area contributed by atoms with Crippen LogP contribution in [0.4, 0.5) is 5.69 Å². The van der Waals surface area contributed by atoms with E-state index in [1.54, 1.807) is 35.2 Å². The van der Waals surface area contributed by atoms with Crippen molar-refractivity contribution in [2.24, 2.45) is 0 Å². The van der Waals surface area contributed by atoms with Gasteiger partial charge in [-0.25, -0.2) is 4.68 Å². The highest BCUT2D eigenvalue weighted by Gasteiger charge is 2.11. The third-order valence-electron chi connectivity index (χ3n) is 4.38. The SMILES string of the molecule is O=C(C[n+]1ccc(Cn2nnc3ccccc3c2=O)cc1)Nc1ccc(Br)cc1.[Cl-]. The predicted molar refractivity (Wildman–Crippen MR) is 112 cm³/mol. The Balaban J connectivity index is 0.00000256. The molecule has 0 fully saturated rings. The van der Waals surface area contributed by atoms with Gasteiger partial charge in [0.15, 0.2) is 12.4 Å². The molecule has 0 aliphatic carbocycles. The lowest BCUT2D eigenvalue weighted by atomic mass is 10.2. The van der Waals surface area contributed by atoms with Gasteiger partial charge in [0, 0.05) is 22.3 Å². The zero-order valence-electron chi connectivity index (χ0n) is 15.7. The molecule has 152 valence electrons. The molecule has 4 rings (SSSR count). The van der Waals surface area contributed by atoms with Crippen LogP contribution in [0, 0.1) is 0 Å². The third kappa shape index (κ3) is 5.08. The van der Waals surface area contributed by atoms with Crippen molar-refractivity contribution in [3.63, 3.8) is 0 Å². The maximum absolute atomic E-state index is 12.5. The summed E-state index contributed by atoms with van der Waals surface area (Å²) in [5.74, 6) is -0.123. The number of pyridine rings is 1. The molecule has 0 saturated heterocycles. The van der Waals surface area contributed by atoms with Gasteiger partial charge >= 0.3 is 0 Å². The van der Waals surface area contributed by atoms with Crippen LogP contribution in [0.15, 0.2) is 82.3 Å². The van der Waals surface area contributed by atoms with Crippen molar-refractivity contribution >= 4 is 38.4 Å². The summed E-state index contributed by atoms with van der Waals surface area (Å²) in [4.78, 5) is 24.7. The standard InChI is InChI=1S/C21H16BrN5O2.ClH/c22-16-5-7-17(8-6-16)23-20(28)14-26-11-9-15(10-12-26)13-27-21(29)18-3-1-2-4-19(18)24-25-27;/h1-12H,13-14H2;1H. The van der Waals surface area contributed by atoms with Gasteiger partial charge in [0.1, 0.15) is 5.52 Å². The average Bonchev–Trinajstić information content (AvgIpc) is 2.73. The van der Waals surface area contributed by atoms with Crippen LogP contribution in [0.3, 0.4) is 0 Å². The number of nitrogens with zero attached hydrogens (tertiary/aromatic N) is 4. The quantitative estimate of drug-likeness (QED) is 0.387. The summed E-state index contributed by atoms with van der Waals surface area (Å²) in [5.41, 5.74) is 2.03. The predicted octanol–water partition coefficient (Wildman–Crippen LogP) is -0.468. The maximum Gasteiger partial charge on any atom is 0.290 e. The lowest BCUT2D eigenvalue weighted by molar-refractivity contribution is -0.684. The second-order valence-corrected chi connectivity index (χ2v) is 7.42. The van der Waals surface area contributed by atoms with Crippen molar-refractivity contribution in [1.29, 1.82) is 0 Å². The normalized spacial score (nSPS) is 10.4. The molecule has 0 radical (unpaired) electrons. The molecular weight excluding hydrogens is 470 g/mol. The number of rotatable bonds is 5. The Kier molecular flexibility index (Phi) is 6.91. The van der Waals surface area contributed by atoms with Gasteiger partial charge in [-0.2, -0.15) is 4.57 Å². The van der Waals surface area contributed by atoms with Crippen LogP contribution in [0.5, 0.6) is 0 Å². The molecule has 0 aliphatic rings. The molecule has 0 unspecified atom stereocenters. The lowest BCUT2D eigenvalue weighted by Crippen LogP contribution is -3.00. The number of hydrogen-bond donors (Lipinski definition) is 1. The highest BCUT2D eigenvalue weighted by molar-refractivity contribution is 9.10. The van der Waals surface area contributed by atoms with Crippen LogP contribution in [0.25, 0.3) is 10.9 Å². The number of aromatic nitrogens is 4. The first-order valence-electron chi connectivity index (χ1n) is 8.94. The molecule has 0 spiro atoms. The highest BCUT2D eigenvalue weighted by Crippen LogP contribution is 2.13. The maximum atomic E-state index is 12.5. The molecule has 4 aromatic rings. The van der Waals surface area contributed by atoms with Crippen LogP contribution in [0.1, 0.15) is 5.56 Å². The topological polar surface area (TPSA) is 80.8 Å². The van der Waals surface area contributed by atoms with Crippen LogP contribution < -0.4 is 27.9 Å². The Morgan fingerprint density at radius 3 is 2.47 bits per heavy atom. The Hall–Kier alpha value is -3.10. The van der Waals surface area contributed by atoms with E-state index in [9.17, 15) is 9.59 Å². The van der Waals surface area contributed by atoms with E-state index in [4.69, 9.17) is 0 Å². The smallest absolute Gasteiger partial charge is 0.290 e. The fourth-order valence-corrected chi connectivity index (χ4v) is 3.16. The second-order valence-electron chi connectivity index (χ2n) is 6.50. The molecule has 1 N–H and O–H groups in total. The molecule has 7 nitrogen and oxygen atoms in total. The number of fused-ring (bicyclic) bond motifs is 1. The van der Waals surface area contributed by atoms with Crippen molar-refractivity contribution in [2.45, 2.75) is 13.1 Å². The zero-order chi connectivity index (χ0) is 20.2. The molecule has 9 heteroatoms. The summed E-state index contributed by atoms with van der Waals surface area (Å²) < 4.78 is 4.06. The number of halogens is 2. The first-order chi connectivity index (χ1) is 14.1. The van der Waals surface area contributed by atoms with E-state index in [0.29, 0.717) is 17.4 Å². The minimum absolute atomic E-state index is 0. The number of carbonyl (C=O) groups is 1. The summed E-state index contributed by atoms with van der Waals surface area (Å²) in [6.45, 7) is 0.495. The molecule has 0 saturated carbocycles. The summed E-state index contributed by atoms with van der Waals surface area (Å²) in [6.07, 6.45) is 3.60. The van der Waals surface area contributed by atoms with E-state index >= 15 is 0 Å². The van der Waals surface area contributed by atoms with Gasteiger partial charge in [0.2, 0.25) is 6.54 Å². The monoisotopic (exact) mass is 485 g/mol. The van der Waals surface area contributed by atoms with Crippen LogP contribution >= 0.6 is 15.9 Å². The van der Waals surface area contributed by atoms with Crippen molar-refractivity contribution in [2.75, 3.05) is 5.32 Å².